The first-order valence-corrected chi connectivity index (χ1v) is 9.40. The van der Waals surface area contributed by atoms with Crippen molar-refractivity contribution in [2.45, 2.75) is 83.5 Å². The SMILES string of the molecule is C[C@]12CC[C@H](O)C[C@@H]1[C@@H](O)C[C@@H]1[C@@H]2CC[C@]2(C)[C@@H](O)CC[C@@H]12. The summed E-state index contributed by atoms with van der Waals surface area (Å²) in [6.45, 7) is 4.68. The molecule has 0 aliphatic heterocycles. The van der Waals surface area contributed by atoms with Crippen LogP contribution in [0.3, 0.4) is 0 Å². The predicted molar refractivity (Wildman–Crippen MR) is 85.1 cm³/mol. The fraction of sp³-hybridized carbons (Fsp3) is 1.00. The van der Waals surface area contributed by atoms with Crippen molar-refractivity contribution in [1.82, 2.24) is 0 Å². The van der Waals surface area contributed by atoms with Gasteiger partial charge in [0.05, 0.1) is 18.3 Å². The third kappa shape index (κ3) is 1.91. The van der Waals surface area contributed by atoms with E-state index in [9.17, 15) is 15.3 Å². The van der Waals surface area contributed by atoms with E-state index in [4.69, 9.17) is 0 Å². The number of aliphatic hydroxyl groups excluding tert-OH is 3. The summed E-state index contributed by atoms with van der Waals surface area (Å²) in [5, 5.41) is 31.4. The number of aliphatic hydroxyl groups is 3. The third-order valence-electron chi connectivity index (χ3n) is 8.60. The van der Waals surface area contributed by atoms with Gasteiger partial charge in [-0.05, 0) is 85.9 Å². The molecule has 0 radical (unpaired) electrons. The lowest BCUT2D eigenvalue weighted by molar-refractivity contribution is -0.174. The number of rotatable bonds is 0. The van der Waals surface area contributed by atoms with Gasteiger partial charge in [0.1, 0.15) is 0 Å². The molecule has 0 aromatic carbocycles. The van der Waals surface area contributed by atoms with E-state index in [0.717, 1.165) is 44.9 Å². The Morgan fingerprint density at radius 3 is 2.18 bits per heavy atom. The molecule has 4 rings (SSSR count). The van der Waals surface area contributed by atoms with Gasteiger partial charge >= 0.3 is 0 Å². The summed E-state index contributed by atoms with van der Waals surface area (Å²) in [5.74, 6) is 2.10. The Morgan fingerprint density at radius 2 is 1.41 bits per heavy atom. The van der Waals surface area contributed by atoms with Crippen molar-refractivity contribution < 1.29 is 15.3 Å². The molecule has 3 heteroatoms. The van der Waals surface area contributed by atoms with Gasteiger partial charge in [-0.25, -0.2) is 0 Å². The van der Waals surface area contributed by atoms with E-state index < -0.39 is 0 Å². The Kier molecular flexibility index (Phi) is 3.46. The zero-order chi connectivity index (χ0) is 15.7. The van der Waals surface area contributed by atoms with Crippen LogP contribution < -0.4 is 0 Å². The maximum absolute atomic E-state index is 10.8. The molecule has 0 spiro atoms. The summed E-state index contributed by atoms with van der Waals surface area (Å²) in [6.07, 6.45) is 7.42. The number of hydrogen-bond donors (Lipinski definition) is 3. The maximum atomic E-state index is 10.8. The van der Waals surface area contributed by atoms with Gasteiger partial charge in [-0.15, -0.1) is 0 Å². The molecule has 4 saturated carbocycles. The smallest absolute Gasteiger partial charge is 0.0596 e. The predicted octanol–water partition coefficient (Wildman–Crippen LogP) is 2.72. The topological polar surface area (TPSA) is 60.7 Å². The molecule has 0 saturated heterocycles. The molecule has 3 N–H and O–H groups in total. The minimum Gasteiger partial charge on any atom is -0.393 e. The average Bonchev–Trinajstić information content (AvgIpc) is 2.77. The number of fused-ring (bicyclic) bond motifs is 5. The largest absolute Gasteiger partial charge is 0.393 e. The third-order valence-corrected chi connectivity index (χ3v) is 8.60. The highest BCUT2D eigenvalue weighted by atomic mass is 16.3. The molecule has 126 valence electrons. The normalized spacial score (nSPS) is 61.2. The van der Waals surface area contributed by atoms with Gasteiger partial charge in [-0.1, -0.05) is 13.8 Å². The molecule has 0 amide bonds. The van der Waals surface area contributed by atoms with Crippen molar-refractivity contribution in [2.75, 3.05) is 0 Å². The maximum Gasteiger partial charge on any atom is 0.0596 e. The van der Waals surface area contributed by atoms with Crippen molar-refractivity contribution in [2.24, 2.45) is 34.5 Å². The van der Waals surface area contributed by atoms with Crippen LogP contribution in [-0.2, 0) is 0 Å². The fourth-order valence-corrected chi connectivity index (χ4v) is 7.25. The molecule has 4 fully saturated rings. The molecular formula is C19H32O3. The lowest BCUT2D eigenvalue weighted by atomic mass is 9.44. The highest BCUT2D eigenvalue weighted by Crippen LogP contribution is 2.66. The van der Waals surface area contributed by atoms with Gasteiger partial charge in [0, 0.05) is 0 Å². The highest BCUT2D eigenvalue weighted by Gasteiger charge is 2.61. The molecule has 0 aromatic heterocycles. The minimum absolute atomic E-state index is 0.0816. The van der Waals surface area contributed by atoms with Crippen molar-refractivity contribution >= 4 is 0 Å². The van der Waals surface area contributed by atoms with Crippen LogP contribution in [0.1, 0.15) is 65.2 Å². The Balaban J connectivity index is 1.66. The summed E-state index contributed by atoms with van der Waals surface area (Å²) in [4.78, 5) is 0. The van der Waals surface area contributed by atoms with Gasteiger partial charge in [-0.2, -0.15) is 0 Å². The first-order chi connectivity index (χ1) is 10.4. The summed E-state index contributed by atoms with van der Waals surface area (Å²) >= 11 is 0. The van der Waals surface area contributed by atoms with Crippen LogP contribution in [0.5, 0.6) is 0 Å². The molecule has 4 aliphatic rings. The van der Waals surface area contributed by atoms with Crippen LogP contribution in [-0.4, -0.2) is 33.6 Å². The second-order valence-corrected chi connectivity index (χ2v) is 9.36. The first-order valence-electron chi connectivity index (χ1n) is 9.40. The van der Waals surface area contributed by atoms with Gasteiger partial charge in [0.15, 0.2) is 0 Å². The van der Waals surface area contributed by atoms with Crippen molar-refractivity contribution in [3.63, 3.8) is 0 Å². The van der Waals surface area contributed by atoms with E-state index in [1.807, 2.05) is 0 Å². The lowest BCUT2D eigenvalue weighted by Gasteiger charge is -2.61. The molecule has 3 nitrogen and oxygen atoms in total. The highest BCUT2D eigenvalue weighted by molar-refractivity contribution is 5.11. The monoisotopic (exact) mass is 308 g/mol. The summed E-state index contributed by atoms with van der Waals surface area (Å²) in [5.41, 5.74) is 0.273. The Hall–Kier alpha value is -0.120. The Bertz CT molecular complexity index is 452. The van der Waals surface area contributed by atoms with Gasteiger partial charge in [0.2, 0.25) is 0 Å². The van der Waals surface area contributed by atoms with E-state index in [-0.39, 0.29) is 35.1 Å². The minimum atomic E-state index is -0.263. The molecule has 0 heterocycles. The quantitative estimate of drug-likeness (QED) is 0.645. The summed E-state index contributed by atoms with van der Waals surface area (Å²) in [7, 11) is 0. The van der Waals surface area contributed by atoms with Crippen LogP contribution in [0.25, 0.3) is 0 Å². The van der Waals surface area contributed by atoms with Crippen LogP contribution in [0, 0.1) is 34.5 Å². The van der Waals surface area contributed by atoms with E-state index in [1.165, 1.54) is 6.42 Å². The summed E-state index contributed by atoms with van der Waals surface area (Å²) in [6, 6.07) is 0. The molecule has 0 unspecified atom stereocenters. The van der Waals surface area contributed by atoms with Crippen LogP contribution >= 0.6 is 0 Å². The molecular weight excluding hydrogens is 276 g/mol. The van der Waals surface area contributed by atoms with Gasteiger partial charge in [-0.3, -0.25) is 0 Å². The van der Waals surface area contributed by atoms with Crippen molar-refractivity contribution in [3.05, 3.63) is 0 Å². The lowest BCUT2D eigenvalue weighted by Crippen LogP contribution is -2.58. The molecule has 22 heavy (non-hydrogen) atoms. The van der Waals surface area contributed by atoms with Crippen molar-refractivity contribution in [3.8, 4) is 0 Å². The second kappa shape index (κ2) is 4.94. The van der Waals surface area contributed by atoms with Crippen LogP contribution in [0.15, 0.2) is 0 Å². The average molecular weight is 308 g/mol. The zero-order valence-electron chi connectivity index (χ0n) is 14.0. The molecule has 0 aromatic rings. The van der Waals surface area contributed by atoms with Gasteiger partial charge in [0.25, 0.3) is 0 Å². The molecule has 4 aliphatic carbocycles. The Labute approximate surface area is 134 Å². The van der Waals surface area contributed by atoms with E-state index in [1.54, 1.807) is 0 Å². The van der Waals surface area contributed by atoms with E-state index in [2.05, 4.69) is 13.8 Å². The fourth-order valence-electron chi connectivity index (χ4n) is 7.25. The standard InChI is InChI=1S/C19H32O3/c1-18-7-5-11(20)9-15(18)16(21)10-12-13-3-4-17(22)19(13,2)8-6-14(12)18/h11-17,20-22H,3-10H2,1-2H3/t11-,12-,13-,14-,15+,16-,17-,18+,19-/m0/s1. The zero-order valence-corrected chi connectivity index (χ0v) is 14.0. The van der Waals surface area contributed by atoms with Crippen molar-refractivity contribution in [1.29, 1.82) is 0 Å². The van der Waals surface area contributed by atoms with Crippen LogP contribution in [0.2, 0.25) is 0 Å². The Morgan fingerprint density at radius 1 is 0.727 bits per heavy atom. The van der Waals surface area contributed by atoms with Crippen LogP contribution in [0.4, 0.5) is 0 Å². The van der Waals surface area contributed by atoms with E-state index >= 15 is 0 Å². The van der Waals surface area contributed by atoms with Gasteiger partial charge < -0.3 is 15.3 Å². The molecule has 9 atom stereocenters. The second-order valence-electron chi connectivity index (χ2n) is 9.36. The summed E-state index contributed by atoms with van der Waals surface area (Å²) < 4.78 is 0. The molecule has 0 bridgehead atoms. The first kappa shape index (κ1) is 15.4. The van der Waals surface area contributed by atoms with E-state index in [0.29, 0.717) is 17.8 Å². The number of hydrogen-bond acceptors (Lipinski definition) is 3.